The number of nitrogens with zero attached hydrogens (tertiary/aromatic N) is 3. The number of aromatic nitrogens is 1. The maximum absolute atomic E-state index is 12.6. The van der Waals surface area contributed by atoms with Gasteiger partial charge in [-0.05, 0) is 37.3 Å². The van der Waals surface area contributed by atoms with Gasteiger partial charge in [-0.2, -0.15) is 0 Å². The van der Waals surface area contributed by atoms with Crippen LogP contribution in [-0.2, 0) is 4.79 Å². The number of hydrogen-bond acceptors (Lipinski definition) is 6. The van der Waals surface area contributed by atoms with E-state index in [2.05, 4.69) is 4.98 Å². The molecule has 3 amide bonds. The van der Waals surface area contributed by atoms with E-state index in [9.17, 15) is 14.4 Å². The average Bonchev–Trinajstić information content (AvgIpc) is 3.29. The van der Waals surface area contributed by atoms with Crippen LogP contribution in [0.5, 0.6) is 5.75 Å². The number of carbonyl (C=O) groups is 3. The van der Waals surface area contributed by atoms with Gasteiger partial charge in [-0.1, -0.05) is 12.1 Å². The largest absolute Gasteiger partial charge is 0.482 e. The van der Waals surface area contributed by atoms with Crippen LogP contribution in [0, 0.1) is 6.92 Å². The first kappa shape index (κ1) is 18.5. The summed E-state index contributed by atoms with van der Waals surface area (Å²) < 4.78 is 5.57. The minimum absolute atomic E-state index is 0.0791. The van der Waals surface area contributed by atoms with Crippen LogP contribution in [-0.4, -0.2) is 47.3 Å². The average molecular weight is 419 g/mol. The van der Waals surface area contributed by atoms with Crippen LogP contribution in [0.3, 0.4) is 0 Å². The van der Waals surface area contributed by atoms with Crippen LogP contribution in [0.15, 0.2) is 47.8 Å². The zero-order valence-electron chi connectivity index (χ0n) is 16.1. The molecule has 1 aromatic heterocycles. The second-order valence-electron chi connectivity index (χ2n) is 7.08. The Morgan fingerprint density at radius 2 is 1.70 bits per heavy atom. The predicted molar refractivity (Wildman–Crippen MR) is 112 cm³/mol. The number of aryl methyl sites for hydroxylation is 1. The maximum Gasteiger partial charge on any atom is 0.265 e. The smallest absolute Gasteiger partial charge is 0.265 e. The second-order valence-corrected chi connectivity index (χ2v) is 8.14. The van der Waals surface area contributed by atoms with E-state index in [4.69, 9.17) is 4.74 Å². The van der Waals surface area contributed by atoms with Crippen molar-refractivity contribution in [1.82, 2.24) is 9.88 Å². The molecular weight excluding hydrogens is 402 g/mol. The van der Waals surface area contributed by atoms with Crippen molar-refractivity contribution in [2.24, 2.45) is 0 Å². The summed E-state index contributed by atoms with van der Waals surface area (Å²) in [5, 5.41) is 2.92. The van der Waals surface area contributed by atoms with Crippen LogP contribution >= 0.6 is 11.3 Å². The second kappa shape index (κ2) is 7.07. The number of ether oxygens (including phenoxy) is 1. The Morgan fingerprint density at radius 1 is 1.00 bits per heavy atom. The maximum atomic E-state index is 12.6. The van der Waals surface area contributed by atoms with Crippen molar-refractivity contribution in [1.29, 1.82) is 0 Å². The lowest BCUT2D eigenvalue weighted by Gasteiger charge is -2.30. The molecule has 2 aliphatic heterocycles. The number of hydrogen-bond donors (Lipinski definition) is 0. The minimum Gasteiger partial charge on any atom is -0.482 e. The van der Waals surface area contributed by atoms with Gasteiger partial charge in [-0.25, -0.2) is 4.98 Å². The summed E-state index contributed by atoms with van der Waals surface area (Å²) >= 11 is 1.55. The van der Waals surface area contributed by atoms with Gasteiger partial charge in [-0.3, -0.25) is 19.3 Å². The molecule has 5 rings (SSSR count). The van der Waals surface area contributed by atoms with Crippen LogP contribution in [0.4, 0.5) is 5.69 Å². The molecule has 0 fully saturated rings. The summed E-state index contributed by atoms with van der Waals surface area (Å²) in [6.07, 6.45) is 0. The highest BCUT2D eigenvalue weighted by atomic mass is 32.1. The fourth-order valence-corrected chi connectivity index (χ4v) is 4.37. The lowest BCUT2D eigenvalue weighted by atomic mass is 10.1. The first-order valence-corrected chi connectivity index (χ1v) is 10.4. The van der Waals surface area contributed by atoms with Crippen molar-refractivity contribution in [2.75, 3.05) is 24.6 Å². The fraction of sp³-hybridized carbons (Fsp3) is 0.182. The molecule has 0 N–H and O–H groups in total. The van der Waals surface area contributed by atoms with Crippen molar-refractivity contribution in [3.05, 3.63) is 64.0 Å². The molecule has 3 aromatic rings. The highest BCUT2D eigenvalue weighted by Crippen LogP contribution is 2.36. The lowest BCUT2D eigenvalue weighted by Crippen LogP contribution is -2.44. The molecule has 0 unspecified atom stereocenters. The monoisotopic (exact) mass is 419 g/mol. The Morgan fingerprint density at radius 3 is 2.37 bits per heavy atom. The topological polar surface area (TPSA) is 79.8 Å². The van der Waals surface area contributed by atoms with Crippen LogP contribution in [0.2, 0.25) is 0 Å². The molecule has 2 aliphatic rings. The number of imide groups is 1. The number of thiazole rings is 1. The van der Waals surface area contributed by atoms with Gasteiger partial charge in [0, 0.05) is 24.0 Å². The zero-order valence-corrected chi connectivity index (χ0v) is 16.9. The van der Waals surface area contributed by atoms with Crippen molar-refractivity contribution in [2.45, 2.75) is 6.92 Å². The fourth-order valence-electron chi connectivity index (χ4n) is 3.74. The van der Waals surface area contributed by atoms with E-state index in [0.717, 1.165) is 16.3 Å². The summed E-state index contributed by atoms with van der Waals surface area (Å²) in [4.78, 5) is 45.1. The van der Waals surface area contributed by atoms with Crippen LogP contribution in [0.1, 0.15) is 25.7 Å². The molecule has 8 heteroatoms. The molecule has 30 heavy (non-hydrogen) atoms. The third-order valence-electron chi connectivity index (χ3n) is 5.24. The molecule has 0 spiro atoms. The molecule has 7 nitrogen and oxygen atoms in total. The Hall–Kier alpha value is -3.52. The Bertz CT molecular complexity index is 1170. The van der Waals surface area contributed by atoms with Gasteiger partial charge in [0.2, 0.25) is 0 Å². The third kappa shape index (κ3) is 2.96. The Labute approximate surface area is 176 Å². The summed E-state index contributed by atoms with van der Waals surface area (Å²) in [6, 6.07) is 12.4. The van der Waals surface area contributed by atoms with Crippen molar-refractivity contribution in [3.63, 3.8) is 0 Å². The van der Waals surface area contributed by atoms with Crippen LogP contribution in [0.25, 0.3) is 11.3 Å². The van der Waals surface area contributed by atoms with E-state index in [0.29, 0.717) is 22.6 Å². The molecule has 0 aliphatic carbocycles. The first-order chi connectivity index (χ1) is 14.5. The van der Waals surface area contributed by atoms with Crippen molar-refractivity contribution < 1.29 is 19.1 Å². The van der Waals surface area contributed by atoms with E-state index < -0.39 is 0 Å². The summed E-state index contributed by atoms with van der Waals surface area (Å²) in [5.41, 5.74) is 3.13. The van der Waals surface area contributed by atoms with Gasteiger partial charge in [0.25, 0.3) is 17.7 Å². The number of rotatable bonds is 4. The van der Waals surface area contributed by atoms with Gasteiger partial charge in [0.1, 0.15) is 5.75 Å². The van der Waals surface area contributed by atoms with E-state index in [1.165, 1.54) is 4.90 Å². The van der Waals surface area contributed by atoms with E-state index >= 15 is 0 Å². The predicted octanol–water partition coefficient (Wildman–Crippen LogP) is 3.14. The van der Waals surface area contributed by atoms with Gasteiger partial charge >= 0.3 is 0 Å². The Balaban J connectivity index is 1.41. The molecular formula is C22H17N3O4S. The summed E-state index contributed by atoms with van der Waals surface area (Å²) in [6.45, 7) is 2.16. The molecule has 0 atom stereocenters. The van der Waals surface area contributed by atoms with Gasteiger partial charge in [0.05, 0.1) is 27.5 Å². The van der Waals surface area contributed by atoms with Gasteiger partial charge in [-0.15, -0.1) is 11.3 Å². The normalized spacial score (nSPS) is 15.3. The molecule has 2 aromatic carbocycles. The van der Waals surface area contributed by atoms with Crippen molar-refractivity contribution in [3.8, 4) is 17.0 Å². The molecule has 0 saturated heterocycles. The lowest BCUT2D eigenvalue weighted by molar-refractivity contribution is -0.121. The minimum atomic E-state index is -0.330. The molecule has 0 bridgehead atoms. The summed E-state index contributed by atoms with van der Waals surface area (Å²) in [7, 11) is 0. The zero-order chi connectivity index (χ0) is 20.8. The first-order valence-electron chi connectivity index (χ1n) is 9.48. The summed E-state index contributed by atoms with van der Waals surface area (Å²) in [5.74, 6) is -0.287. The van der Waals surface area contributed by atoms with E-state index in [1.54, 1.807) is 40.5 Å². The van der Waals surface area contributed by atoms with Crippen molar-refractivity contribution >= 4 is 34.7 Å². The number of carbonyl (C=O) groups excluding carboxylic acids is 3. The highest BCUT2D eigenvalue weighted by Gasteiger charge is 2.36. The molecule has 0 radical (unpaired) electrons. The van der Waals surface area contributed by atoms with E-state index in [-0.39, 0.29) is 37.4 Å². The Kier molecular flexibility index (Phi) is 4.36. The third-order valence-corrected chi connectivity index (χ3v) is 6.02. The molecule has 3 heterocycles. The van der Waals surface area contributed by atoms with Gasteiger partial charge < -0.3 is 9.64 Å². The quantitative estimate of drug-likeness (QED) is 0.607. The van der Waals surface area contributed by atoms with Crippen LogP contribution < -0.4 is 9.64 Å². The molecule has 150 valence electrons. The standard InChI is InChI=1S/C22H17N3O4S/c1-13-23-17(12-30-13)14-6-7-19-18(10-14)24(20(26)11-29-19)8-9-25-21(27)15-4-2-3-5-16(15)22(25)28/h2-7,10,12H,8-9,11H2,1H3. The molecule has 0 saturated carbocycles. The number of fused-ring (bicyclic) bond motifs is 2. The SMILES string of the molecule is Cc1nc(-c2ccc3c(c2)N(CCN2C(=O)c4ccccc4C2=O)C(=O)CO3)cs1. The number of amides is 3. The number of anilines is 1. The van der Waals surface area contributed by atoms with Gasteiger partial charge in [0.15, 0.2) is 6.61 Å². The van der Waals surface area contributed by atoms with E-state index in [1.807, 2.05) is 30.5 Å². The number of benzene rings is 2. The highest BCUT2D eigenvalue weighted by molar-refractivity contribution is 7.09.